The van der Waals surface area contributed by atoms with Crippen molar-refractivity contribution in [2.24, 2.45) is 5.92 Å². The van der Waals surface area contributed by atoms with Crippen LogP contribution in [0.2, 0.25) is 0 Å². The average Bonchev–Trinajstić information content (AvgIpc) is 2.47. The number of carbonyl (C=O) groups excluding carboxylic acids is 1. The number of benzene rings is 1. The van der Waals surface area contributed by atoms with Gasteiger partial charge in [0.25, 0.3) is 0 Å². The predicted molar refractivity (Wildman–Crippen MR) is 82.5 cm³/mol. The summed E-state index contributed by atoms with van der Waals surface area (Å²) in [6.07, 6.45) is 3.31. The molecule has 0 fully saturated rings. The van der Waals surface area contributed by atoms with E-state index in [1.54, 1.807) is 0 Å². The fraction of sp³-hybridized carbons (Fsp3) is 0.588. The van der Waals surface area contributed by atoms with Crippen LogP contribution in [0.25, 0.3) is 0 Å². The first kappa shape index (κ1) is 16.7. The van der Waals surface area contributed by atoms with Crippen LogP contribution in [-0.2, 0) is 9.53 Å². The van der Waals surface area contributed by atoms with Gasteiger partial charge in [0.15, 0.2) is 0 Å². The van der Waals surface area contributed by atoms with Crippen LogP contribution in [0.4, 0.5) is 0 Å². The molecule has 0 aliphatic rings. The minimum Gasteiger partial charge on any atom is -0.468 e. The van der Waals surface area contributed by atoms with E-state index in [0.717, 1.165) is 19.3 Å². The molecule has 0 aliphatic heterocycles. The van der Waals surface area contributed by atoms with E-state index in [-0.39, 0.29) is 24.0 Å². The number of methoxy groups -OCH3 is 1. The minimum absolute atomic E-state index is 0.183. The molecule has 0 saturated carbocycles. The topological polar surface area (TPSA) is 38.3 Å². The van der Waals surface area contributed by atoms with E-state index in [2.05, 4.69) is 24.4 Å². The number of hydrogen-bond donors (Lipinski definition) is 1. The van der Waals surface area contributed by atoms with Crippen LogP contribution in [0.3, 0.4) is 0 Å². The predicted octanol–water partition coefficient (Wildman–Crippen LogP) is 3.71. The Morgan fingerprint density at radius 2 is 1.90 bits per heavy atom. The van der Waals surface area contributed by atoms with E-state index in [9.17, 15) is 4.79 Å². The largest absolute Gasteiger partial charge is 0.468 e. The lowest BCUT2D eigenvalue weighted by Gasteiger charge is -2.27. The van der Waals surface area contributed by atoms with Crippen molar-refractivity contribution in [2.45, 2.75) is 52.1 Å². The van der Waals surface area contributed by atoms with E-state index < -0.39 is 0 Å². The molecule has 1 N–H and O–H groups in total. The van der Waals surface area contributed by atoms with Crippen LogP contribution in [0.5, 0.6) is 0 Å². The smallest absolute Gasteiger partial charge is 0.323 e. The van der Waals surface area contributed by atoms with Crippen molar-refractivity contribution in [3.05, 3.63) is 35.9 Å². The fourth-order valence-corrected chi connectivity index (χ4v) is 2.32. The summed E-state index contributed by atoms with van der Waals surface area (Å²) in [6.45, 7) is 6.26. The van der Waals surface area contributed by atoms with Crippen LogP contribution < -0.4 is 5.32 Å². The number of carbonyl (C=O) groups is 1. The van der Waals surface area contributed by atoms with Gasteiger partial charge in [-0.3, -0.25) is 10.1 Å². The molecule has 112 valence electrons. The normalized spacial score (nSPS) is 14.1. The second-order valence-corrected chi connectivity index (χ2v) is 5.52. The first-order chi connectivity index (χ1) is 9.60. The van der Waals surface area contributed by atoms with Crippen molar-refractivity contribution < 1.29 is 9.53 Å². The summed E-state index contributed by atoms with van der Waals surface area (Å²) in [5.41, 5.74) is 1.23. The summed E-state index contributed by atoms with van der Waals surface area (Å²) in [7, 11) is 1.45. The van der Waals surface area contributed by atoms with E-state index in [0.29, 0.717) is 0 Å². The highest BCUT2D eigenvalue weighted by atomic mass is 16.5. The lowest BCUT2D eigenvalue weighted by Crippen LogP contribution is -2.43. The Morgan fingerprint density at radius 3 is 2.40 bits per heavy atom. The molecule has 0 radical (unpaired) electrons. The van der Waals surface area contributed by atoms with Gasteiger partial charge in [0, 0.05) is 6.04 Å². The second kappa shape index (κ2) is 8.75. The van der Waals surface area contributed by atoms with Gasteiger partial charge < -0.3 is 4.74 Å². The quantitative estimate of drug-likeness (QED) is 0.736. The summed E-state index contributed by atoms with van der Waals surface area (Å²) in [5.74, 6) is 0.0210. The van der Waals surface area contributed by atoms with Gasteiger partial charge in [0.05, 0.1) is 7.11 Å². The molecule has 20 heavy (non-hydrogen) atoms. The zero-order chi connectivity index (χ0) is 15.0. The molecule has 3 nitrogen and oxygen atoms in total. The van der Waals surface area contributed by atoms with E-state index in [4.69, 9.17) is 4.74 Å². The molecule has 0 saturated heterocycles. The van der Waals surface area contributed by atoms with Gasteiger partial charge in [-0.25, -0.2) is 0 Å². The number of rotatable bonds is 8. The van der Waals surface area contributed by atoms with Gasteiger partial charge in [-0.05, 0) is 17.9 Å². The molecule has 1 unspecified atom stereocenters. The maximum Gasteiger partial charge on any atom is 0.323 e. The highest BCUT2D eigenvalue weighted by Gasteiger charge is 2.26. The van der Waals surface area contributed by atoms with Crippen LogP contribution in [-0.4, -0.2) is 19.1 Å². The summed E-state index contributed by atoms with van der Waals surface area (Å²) in [5, 5.41) is 3.48. The molecule has 0 aromatic heterocycles. The van der Waals surface area contributed by atoms with E-state index >= 15 is 0 Å². The monoisotopic (exact) mass is 277 g/mol. The highest BCUT2D eigenvalue weighted by Crippen LogP contribution is 2.21. The highest BCUT2D eigenvalue weighted by molar-refractivity contribution is 5.76. The van der Waals surface area contributed by atoms with Gasteiger partial charge in [-0.1, -0.05) is 63.9 Å². The standard InChI is InChI=1S/C17H27NO2/c1-5-6-12-15(14-10-8-7-9-11-14)18-16(13(2)3)17(19)20-4/h7-11,13,15-16,18H,5-6,12H2,1-4H3/t15?,16-/m0/s1. The molecule has 0 heterocycles. The van der Waals surface area contributed by atoms with Crippen molar-refractivity contribution in [2.75, 3.05) is 7.11 Å². The van der Waals surface area contributed by atoms with Gasteiger partial charge in [0.1, 0.15) is 6.04 Å². The summed E-state index contributed by atoms with van der Waals surface area (Å²) in [6, 6.07) is 10.3. The first-order valence-corrected chi connectivity index (χ1v) is 7.49. The summed E-state index contributed by atoms with van der Waals surface area (Å²) < 4.78 is 4.91. The molecule has 1 aromatic rings. The van der Waals surface area contributed by atoms with Crippen molar-refractivity contribution in [1.29, 1.82) is 0 Å². The lowest BCUT2D eigenvalue weighted by atomic mass is 9.97. The number of hydrogen-bond acceptors (Lipinski definition) is 3. The van der Waals surface area contributed by atoms with Crippen LogP contribution in [0.15, 0.2) is 30.3 Å². The molecule has 0 amide bonds. The number of ether oxygens (including phenoxy) is 1. The van der Waals surface area contributed by atoms with Crippen LogP contribution in [0, 0.1) is 5.92 Å². The van der Waals surface area contributed by atoms with Crippen molar-refractivity contribution in [3.8, 4) is 0 Å². The third kappa shape index (κ3) is 4.97. The minimum atomic E-state index is -0.262. The number of esters is 1. The average molecular weight is 277 g/mol. The fourth-order valence-electron chi connectivity index (χ4n) is 2.32. The molecular formula is C17H27NO2. The molecule has 2 atom stereocenters. The SMILES string of the molecule is CCCCC(N[C@H](C(=O)OC)C(C)C)c1ccccc1. The third-order valence-corrected chi connectivity index (χ3v) is 3.55. The molecule has 3 heteroatoms. The Hall–Kier alpha value is -1.35. The molecule has 0 spiro atoms. The van der Waals surface area contributed by atoms with Gasteiger partial charge in [-0.2, -0.15) is 0 Å². The zero-order valence-electron chi connectivity index (χ0n) is 13.1. The maximum atomic E-state index is 11.9. The Morgan fingerprint density at radius 1 is 1.25 bits per heavy atom. The van der Waals surface area contributed by atoms with Crippen LogP contribution in [0.1, 0.15) is 51.6 Å². The zero-order valence-corrected chi connectivity index (χ0v) is 13.1. The summed E-state index contributed by atoms with van der Waals surface area (Å²) in [4.78, 5) is 11.9. The third-order valence-electron chi connectivity index (χ3n) is 3.55. The van der Waals surface area contributed by atoms with Crippen molar-refractivity contribution >= 4 is 5.97 Å². The molecular weight excluding hydrogens is 250 g/mol. The van der Waals surface area contributed by atoms with E-state index in [1.807, 2.05) is 32.0 Å². The summed E-state index contributed by atoms with van der Waals surface area (Å²) >= 11 is 0. The van der Waals surface area contributed by atoms with Gasteiger partial charge in [-0.15, -0.1) is 0 Å². The Kier molecular flexibility index (Phi) is 7.31. The van der Waals surface area contributed by atoms with Crippen molar-refractivity contribution in [3.63, 3.8) is 0 Å². The Balaban J connectivity index is 2.85. The molecule has 0 bridgehead atoms. The molecule has 1 rings (SSSR count). The Labute approximate surface area is 122 Å². The second-order valence-electron chi connectivity index (χ2n) is 5.52. The van der Waals surface area contributed by atoms with Gasteiger partial charge in [0.2, 0.25) is 0 Å². The molecule has 1 aromatic carbocycles. The molecule has 0 aliphatic carbocycles. The first-order valence-electron chi connectivity index (χ1n) is 7.49. The Bertz CT molecular complexity index is 389. The van der Waals surface area contributed by atoms with Crippen LogP contribution >= 0.6 is 0 Å². The maximum absolute atomic E-state index is 11.9. The number of unbranched alkanes of at least 4 members (excludes halogenated alkanes) is 1. The van der Waals surface area contributed by atoms with Gasteiger partial charge >= 0.3 is 5.97 Å². The number of nitrogens with one attached hydrogen (secondary N) is 1. The van der Waals surface area contributed by atoms with E-state index in [1.165, 1.54) is 12.7 Å². The van der Waals surface area contributed by atoms with Crippen molar-refractivity contribution in [1.82, 2.24) is 5.32 Å². The lowest BCUT2D eigenvalue weighted by molar-refractivity contribution is -0.144.